The van der Waals surface area contributed by atoms with Crippen LogP contribution in [0.5, 0.6) is 0 Å². The van der Waals surface area contributed by atoms with Crippen molar-refractivity contribution in [1.82, 2.24) is 0 Å². The van der Waals surface area contributed by atoms with Crippen molar-refractivity contribution in [2.24, 2.45) is 5.73 Å². The van der Waals surface area contributed by atoms with Crippen molar-refractivity contribution in [3.63, 3.8) is 0 Å². The maximum atomic E-state index is 12.6. The number of allylic oxidation sites excluding steroid dienone is 8. The van der Waals surface area contributed by atoms with Crippen molar-refractivity contribution in [3.8, 4) is 0 Å². The summed E-state index contributed by atoms with van der Waals surface area (Å²) in [6.07, 6.45) is 48.8. The van der Waals surface area contributed by atoms with E-state index in [-0.39, 0.29) is 19.4 Å². The van der Waals surface area contributed by atoms with Gasteiger partial charge in [0.25, 0.3) is 0 Å². The lowest BCUT2D eigenvalue weighted by Gasteiger charge is -2.20. The Hall–Kier alpha value is -2.56. The SMILES string of the molecule is CCCCC/C=C\C/C=C\C/C=C\CCCCCCC(=O)O[C@H](COC(=O)CCCCCCCCC/C=C\CCCCCCCCCC)COP(=O)(O)OC[C@H](N)C(=O)O. The molecule has 0 heterocycles. The maximum Gasteiger partial charge on any atom is 0.472 e. The van der Waals surface area contributed by atoms with Gasteiger partial charge in [0.15, 0.2) is 6.10 Å². The van der Waals surface area contributed by atoms with Gasteiger partial charge in [-0.25, -0.2) is 4.57 Å². The molecule has 4 N–H and O–H groups in total. The number of nitrogens with two attached hydrogens (primary N) is 1. The second-order valence-electron chi connectivity index (χ2n) is 15.9. The number of esters is 2. The molecule has 0 aromatic carbocycles. The zero-order chi connectivity index (χ0) is 44.2. The van der Waals surface area contributed by atoms with Gasteiger partial charge in [0, 0.05) is 12.8 Å². The largest absolute Gasteiger partial charge is 0.480 e. The molecule has 0 aliphatic heterocycles. The Morgan fingerprint density at radius 3 is 1.37 bits per heavy atom. The van der Waals surface area contributed by atoms with E-state index in [1.807, 2.05) is 0 Å². The van der Waals surface area contributed by atoms with Crippen LogP contribution in [0.15, 0.2) is 48.6 Å². The molecule has 0 amide bonds. The Balaban J connectivity index is 4.35. The molecule has 12 heteroatoms. The van der Waals surface area contributed by atoms with Crippen LogP contribution in [-0.4, -0.2) is 59.9 Å². The number of hydrogen-bond acceptors (Lipinski definition) is 9. The summed E-state index contributed by atoms with van der Waals surface area (Å²) in [5.41, 5.74) is 5.34. The summed E-state index contributed by atoms with van der Waals surface area (Å²) in [6.45, 7) is 2.76. The summed E-state index contributed by atoms with van der Waals surface area (Å²) < 4.78 is 32.7. The van der Waals surface area contributed by atoms with Gasteiger partial charge in [-0.15, -0.1) is 0 Å². The van der Waals surface area contributed by atoms with Gasteiger partial charge in [0.2, 0.25) is 0 Å². The van der Waals surface area contributed by atoms with E-state index in [2.05, 4.69) is 67.0 Å². The molecule has 0 fully saturated rings. The fourth-order valence-electron chi connectivity index (χ4n) is 6.30. The lowest BCUT2D eigenvalue weighted by molar-refractivity contribution is -0.161. The second kappa shape index (κ2) is 43.1. The van der Waals surface area contributed by atoms with Crippen molar-refractivity contribution in [1.29, 1.82) is 0 Å². The maximum absolute atomic E-state index is 12.6. The van der Waals surface area contributed by atoms with Crippen molar-refractivity contribution in [2.45, 2.75) is 219 Å². The van der Waals surface area contributed by atoms with E-state index in [0.29, 0.717) is 12.8 Å². The highest BCUT2D eigenvalue weighted by Crippen LogP contribution is 2.43. The Morgan fingerprint density at radius 1 is 0.517 bits per heavy atom. The number of unbranched alkanes of at least 4 members (excludes halogenated alkanes) is 22. The van der Waals surface area contributed by atoms with Gasteiger partial charge in [-0.05, 0) is 77.0 Å². The minimum absolute atomic E-state index is 0.134. The van der Waals surface area contributed by atoms with E-state index >= 15 is 0 Å². The topological polar surface area (TPSA) is 172 Å². The highest BCUT2D eigenvalue weighted by Gasteiger charge is 2.28. The van der Waals surface area contributed by atoms with Crippen LogP contribution in [0.2, 0.25) is 0 Å². The van der Waals surface area contributed by atoms with Gasteiger partial charge in [-0.1, -0.05) is 165 Å². The third kappa shape index (κ3) is 42.1. The number of hydrogen-bond donors (Lipinski definition) is 3. The first kappa shape index (κ1) is 57.4. The molecular weight excluding hydrogens is 781 g/mol. The molecule has 3 atom stereocenters. The van der Waals surface area contributed by atoms with Crippen LogP contribution in [0.3, 0.4) is 0 Å². The zero-order valence-electron chi connectivity index (χ0n) is 37.8. The molecule has 0 spiro atoms. The van der Waals surface area contributed by atoms with Gasteiger partial charge < -0.3 is 25.2 Å². The highest BCUT2D eigenvalue weighted by molar-refractivity contribution is 7.47. The molecule has 0 aliphatic carbocycles. The van der Waals surface area contributed by atoms with E-state index in [0.717, 1.165) is 70.6 Å². The van der Waals surface area contributed by atoms with Gasteiger partial charge >= 0.3 is 25.7 Å². The van der Waals surface area contributed by atoms with E-state index in [1.54, 1.807) is 0 Å². The third-order valence-corrected chi connectivity index (χ3v) is 11.0. The fourth-order valence-corrected chi connectivity index (χ4v) is 7.08. The quantitative estimate of drug-likeness (QED) is 0.0230. The lowest BCUT2D eigenvalue weighted by atomic mass is 10.1. The minimum Gasteiger partial charge on any atom is -0.480 e. The standard InChI is InChI=1S/C48H86NO10P/c1-3-5-7-9-11-13-15-17-19-21-22-24-25-27-29-31-33-35-37-39-46(50)56-41-44(42-57-60(54,55)58-43-45(49)48(52)53)59-47(51)40-38-36-34-32-30-28-26-23-20-18-16-14-12-10-8-6-4-2/h12,14,18,20-22,26,28,44-45H,3-11,13,15-17,19,23-25,27,29-43,49H2,1-2H3,(H,52,53)(H,54,55)/b14-12-,20-18-,22-21-,28-26-/t44-,45+/m1/s1. The molecule has 348 valence electrons. The number of carboxylic acids is 1. The van der Waals surface area contributed by atoms with Crippen LogP contribution in [-0.2, 0) is 37.5 Å². The highest BCUT2D eigenvalue weighted by atomic mass is 31.2. The molecule has 0 aromatic heterocycles. The Labute approximate surface area is 365 Å². The Bertz CT molecular complexity index is 1200. The molecule has 0 rings (SSSR count). The average Bonchev–Trinajstić information content (AvgIpc) is 3.22. The first-order valence-electron chi connectivity index (χ1n) is 23.7. The molecule has 60 heavy (non-hydrogen) atoms. The number of phosphoric ester groups is 1. The number of rotatable bonds is 44. The van der Waals surface area contributed by atoms with Gasteiger partial charge in [0.05, 0.1) is 13.2 Å². The zero-order valence-corrected chi connectivity index (χ0v) is 38.7. The molecule has 0 radical (unpaired) electrons. The van der Waals surface area contributed by atoms with E-state index in [1.165, 1.54) is 96.3 Å². The average molecular weight is 868 g/mol. The van der Waals surface area contributed by atoms with Crippen LogP contribution in [0.4, 0.5) is 0 Å². The summed E-state index contributed by atoms with van der Waals surface area (Å²) in [5.74, 6) is -2.41. The summed E-state index contributed by atoms with van der Waals surface area (Å²) in [4.78, 5) is 46.1. The number of phosphoric acid groups is 1. The lowest BCUT2D eigenvalue weighted by Crippen LogP contribution is -2.34. The Morgan fingerprint density at radius 2 is 0.883 bits per heavy atom. The van der Waals surface area contributed by atoms with Crippen LogP contribution < -0.4 is 5.73 Å². The van der Waals surface area contributed by atoms with E-state index < -0.39 is 51.1 Å². The molecule has 0 saturated heterocycles. The van der Waals surface area contributed by atoms with E-state index in [9.17, 15) is 23.8 Å². The van der Waals surface area contributed by atoms with Crippen LogP contribution >= 0.6 is 7.82 Å². The first-order valence-corrected chi connectivity index (χ1v) is 25.2. The predicted octanol–water partition coefficient (Wildman–Crippen LogP) is 13.0. The number of carboxylic acid groups (broad SMARTS) is 1. The van der Waals surface area contributed by atoms with Crippen molar-refractivity contribution in [3.05, 3.63) is 48.6 Å². The number of ether oxygens (including phenoxy) is 2. The van der Waals surface area contributed by atoms with Gasteiger partial charge in [-0.3, -0.25) is 23.4 Å². The molecule has 0 aliphatic rings. The first-order chi connectivity index (χ1) is 29.1. The second-order valence-corrected chi connectivity index (χ2v) is 17.3. The van der Waals surface area contributed by atoms with Gasteiger partial charge in [0.1, 0.15) is 12.6 Å². The van der Waals surface area contributed by atoms with Crippen LogP contribution in [0.1, 0.15) is 206 Å². The fraction of sp³-hybridized carbons (Fsp3) is 0.771. The molecular formula is C48H86NO10P. The van der Waals surface area contributed by atoms with Crippen LogP contribution in [0, 0.1) is 0 Å². The molecule has 1 unspecified atom stereocenters. The molecule has 0 saturated carbocycles. The van der Waals surface area contributed by atoms with Gasteiger partial charge in [-0.2, -0.15) is 0 Å². The predicted molar refractivity (Wildman–Crippen MR) is 245 cm³/mol. The van der Waals surface area contributed by atoms with Crippen molar-refractivity contribution < 1.29 is 47.5 Å². The number of carbonyl (C=O) groups excluding carboxylic acids is 2. The van der Waals surface area contributed by atoms with Crippen molar-refractivity contribution >= 4 is 25.7 Å². The molecule has 11 nitrogen and oxygen atoms in total. The van der Waals surface area contributed by atoms with Crippen molar-refractivity contribution in [2.75, 3.05) is 19.8 Å². The normalized spacial score (nSPS) is 14.1. The van der Waals surface area contributed by atoms with E-state index in [4.69, 9.17) is 24.8 Å². The summed E-state index contributed by atoms with van der Waals surface area (Å²) in [5, 5.41) is 8.90. The number of aliphatic carboxylic acids is 1. The smallest absolute Gasteiger partial charge is 0.472 e. The number of carbonyl (C=O) groups is 3. The summed E-state index contributed by atoms with van der Waals surface area (Å²) in [6, 6.07) is -1.53. The summed E-state index contributed by atoms with van der Waals surface area (Å²) in [7, 11) is -4.73. The Kier molecular flexibility index (Phi) is 41.3. The summed E-state index contributed by atoms with van der Waals surface area (Å²) >= 11 is 0. The molecule has 0 aromatic rings. The molecule has 0 bridgehead atoms. The third-order valence-electron chi connectivity index (χ3n) is 10.0. The van der Waals surface area contributed by atoms with Crippen LogP contribution in [0.25, 0.3) is 0 Å². The monoisotopic (exact) mass is 868 g/mol. The minimum atomic E-state index is -4.73.